The van der Waals surface area contributed by atoms with Gasteiger partial charge in [0.2, 0.25) is 0 Å². The van der Waals surface area contributed by atoms with Crippen LogP contribution in [0, 0.1) is 5.41 Å². The van der Waals surface area contributed by atoms with E-state index in [1.54, 1.807) is 7.11 Å². The Morgan fingerprint density at radius 2 is 1.95 bits per heavy atom. The van der Waals surface area contributed by atoms with Gasteiger partial charge in [-0.3, -0.25) is 0 Å². The highest BCUT2D eigenvalue weighted by Gasteiger charge is 2.22. The molecule has 0 radical (unpaired) electrons. The molecule has 20 heavy (non-hydrogen) atoms. The van der Waals surface area contributed by atoms with E-state index in [1.807, 2.05) is 11.8 Å². The Morgan fingerprint density at radius 1 is 1.20 bits per heavy atom. The molecule has 2 nitrogen and oxygen atoms in total. The third-order valence-electron chi connectivity index (χ3n) is 3.61. The fraction of sp³-hybridized carbons (Fsp3) is 0.647. The highest BCUT2D eigenvalue weighted by atomic mass is 32.2. The highest BCUT2D eigenvalue weighted by Crippen LogP contribution is 2.30. The van der Waals surface area contributed by atoms with Crippen molar-refractivity contribution in [3.8, 4) is 0 Å². The molecule has 3 heteroatoms. The summed E-state index contributed by atoms with van der Waals surface area (Å²) in [5.74, 6) is 1.19. The van der Waals surface area contributed by atoms with Crippen LogP contribution in [0.1, 0.15) is 33.1 Å². The summed E-state index contributed by atoms with van der Waals surface area (Å²) >= 11 is 1.96. The molecule has 0 fully saturated rings. The first-order valence-electron chi connectivity index (χ1n) is 7.58. The van der Waals surface area contributed by atoms with Crippen LogP contribution in [0.2, 0.25) is 0 Å². The predicted octanol–water partition coefficient (Wildman–Crippen LogP) is 4.21. The van der Waals surface area contributed by atoms with Crippen molar-refractivity contribution in [2.24, 2.45) is 5.41 Å². The minimum Gasteiger partial charge on any atom is -0.383 e. The summed E-state index contributed by atoms with van der Waals surface area (Å²) in [6.45, 7) is 7.50. The van der Waals surface area contributed by atoms with E-state index >= 15 is 0 Å². The molecule has 0 bridgehead atoms. The number of benzene rings is 1. The Hall–Kier alpha value is -0.510. The Labute approximate surface area is 128 Å². The SMILES string of the molecule is CCCC(C)(CCSc1ccccc1)CNCCOC. The van der Waals surface area contributed by atoms with Gasteiger partial charge in [-0.1, -0.05) is 38.5 Å². The van der Waals surface area contributed by atoms with Crippen LogP contribution >= 0.6 is 11.8 Å². The zero-order valence-electron chi connectivity index (χ0n) is 13.2. The minimum atomic E-state index is 0.393. The van der Waals surface area contributed by atoms with E-state index in [2.05, 4.69) is 49.5 Å². The van der Waals surface area contributed by atoms with Crippen LogP contribution in [0.5, 0.6) is 0 Å². The monoisotopic (exact) mass is 295 g/mol. The number of hydrogen-bond donors (Lipinski definition) is 1. The van der Waals surface area contributed by atoms with Gasteiger partial charge in [0, 0.05) is 25.1 Å². The molecule has 0 aromatic heterocycles. The molecule has 0 aliphatic rings. The standard InChI is InChI=1S/C17H29NOS/c1-4-10-17(2,15-18-12-13-19-3)11-14-20-16-8-6-5-7-9-16/h5-9,18H,4,10-15H2,1-3H3. The Kier molecular flexibility index (Phi) is 8.99. The second-order valence-corrected chi connectivity index (χ2v) is 6.81. The molecule has 0 heterocycles. The van der Waals surface area contributed by atoms with E-state index in [9.17, 15) is 0 Å². The van der Waals surface area contributed by atoms with Crippen LogP contribution < -0.4 is 5.32 Å². The quantitative estimate of drug-likeness (QED) is 0.488. The van der Waals surface area contributed by atoms with E-state index in [4.69, 9.17) is 4.74 Å². The van der Waals surface area contributed by atoms with Crippen molar-refractivity contribution < 1.29 is 4.74 Å². The molecule has 0 aliphatic heterocycles. The maximum Gasteiger partial charge on any atom is 0.0587 e. The highest BCUT2D eigenvalue weighted by molar-refractivity contribution is 7.99. The average Bonchev–Trinajstić information content (AvgIpc) is 2.45. The molecule has 1 unspecified atom stereocenters. The fourth-order valence-electron chi connectivity index (χ4n) is 2.40. The van der Waals surface area contributed by atoms with Gasteiger partial charge >= 0.3 is 0 Å². The summed E-state index contributed by atoms with van der Waals surface area (Å²) in [5.41, 5.74) is 0.393. The van der Waals surface area contributed by atoms with E-state index in [1.165, 1.54) is 29.9 Å². The normalized spacial score (nSPS) is 14.2. The lowest BCUT2D eigenvalue weighted by Gasteiger charge is -2.29. The molecule has 0 saturated carbocycles. The molecule has 0 amide bonds. The second kappa shape index (κ2) is 10.3. The topological polar surface area (TPSA) is 21.3 Å². The third-order valence-corrected chi connectivity index (χ3v) is 4.62. The van der Waals surface area contributed by atoms with Crippen molar-refractivity contribution >= 4 is 11.8 Å². The summed E-state index contributed by atoms with van der Waals surface area (Å²) in [5, 5.41) is 3.53. The van der Waals surface area contributed by atoms with Gasteiger partial charge in [-0.05, 0) is 36.1 Å². The Balaban J connectivity index is 2.33. The largest absolute Gasteiger partial charge is 0.383 e. The van der Waals surface area contributed by atoms with Crippen LogP contribution in [0.3, 0.4) is 0 Å². The summed E-state index contributed by atoms with van der Waals surface area (Å²) < 4.78 is 5.09. The van der Waals surface area contributed by atoms with Gasteiger partial charge in [-0.2, -0.15) is 0 Å². The summed E-state index contributed by atoms with van der Waals surface area (Å²) in [7, 11) is 1.75. The van der Waals surface area contributed by atoms with Crippen molar-refractivity contribution in [2.45, 2.75) is 38.0 Å². The molecule has 0 spiro atoms. The molecule has 1 atom stereocenters. The maximum absolute atomic E-state index is 5.09. The van der Waals surface area contributed by atoms with Crippen LogP contribution in [0.4, 0.5) is 0 Å². The summed E-state index contributed by atoms with van der Waals surface area (Å²) in [6.07, 6.45) is 3.78. The van der Waals surface area contributed by atoms with E-state index in [-0.39, 0.29) is 0 Å². The lowest BCUT2D eigenvalue weighted by atomic mass is 9.83. The Bertz CT molecular complexity index is 344. The number of rotatable bonds is 11. The van der Waals surface area contributed by atoms with Crippen LogP contribution in [-0.2, 0) is 4.74 Å². The van der Waals surface area contributed by atoms with Gasteiger partial charge in [-0.25, -0.2) is 0 Å². The van der Waals surface area contributed by atoms with Crippen LogP contribution in [0.15, 0.2) is 35.2 Å². The number of methoxy groups -OCH3 is 1. The van der Waals surface area contributed by atoms with Gasteiger partial charge in [0.15, 0.2) is 0 Å². The molecular weight excluding hydrogens is 266 g/mol. The lowest BCUT2D eigenvalue weighted by molar-refractivity contribution is 0.189. The minimum absolute atomic E-state index is 0.393. The van der Waals surface area contributed by atoms with E-state index in [0.29, 0.717) is 5.41 Å². The van der Waals surface area contributed by atoms with Crippen molar-refractivity contribution in [1.82, 2.24) is 5.32 Å². The molecule has 0 saturated heterocycles. The van der Waals surface area contributed by atoms with E-state index in [0.717, 1.165) is 19.7 Å². The second-order valence-electron chi connectivity index (χ2n) is 5.64. The first kappa shape index (κ1) is 17.5. The third kappa shape index (κ3) is 7.32. The van der Waals surface area contributed by atoms with Gasteiger partial charge in [-0.15, -0.1) is 11.8 Å². The van der Waals surface area contributed by atoms with Crippen LogP contribution in [-0.4, -0.2) is 32.6 Å². The first-order chi connectivity index (χ1) is 9.70. The number of thioether (sulfide) groups is 1. The molecule has 1 aromatic carbocycles. The Morgan fingerprint density at radius 3 is 2.60 bits per heavy atom. The molecule has 1 rings (SSSR count). The zero-order chi connectivity index (χ0) is 14.7. The summed E-state index contributed by atoms with van der Waals surface area (Å²) in [6, 6.07) is 10.7. The first-order valence-corrected chi connectivity index (χ1v) is 8.56. The van der Waals surface area contributed by atoms with Gasteiger partial charge in [0.1, 0.15) is 0 Å². The molecule has 1 N–H and O–H groups in total. The van der Waals surface area contributed by atoms with Gasteiger partial charge in [0.05, 0.1) is 6.61 Å². The number of nitrogens with one attached hydrogen (secondary N) is 1. The van der Waals surface area contributed by atoms with Crippen molar-refractivity contribution in [2.75, 3.05) is 32.6 Å². The van der Waals surface area contributed by atoms with Crippen LogP contribution in [0.25, 0.3) is 0 Å². The zero-order valence-corrected chi connectivity index (χ0v) is 14.0. The van der Waals surface area contributed by atoms with Gasteiger partial charge < -0.3 is 10.1 Å². The summed E-state index contributed by atoms with van der Waals surface area (Å²) in [4.78, 5) is 1.37. The van der Waals surface area contributed by atoms with Crippen molar-refractivity contribution in [3.63, 3.8) is 0 Å². The maximum atomic E-state index is 5.09. The average molecular weight is 295 g/mol. The van der Waals surface area contributed by atoms with Gasteiger partial charge in [0.25, 0.3) is 0 Å². The number of hydrogen-bond acceptors (Lipinski definition) is 3. The molecule has 114 valence electrons. The number of ether oxygens (including phenoxy) is 1. The van der Waals surface area contributed by atoms with Crippen molar-refractivity contribution in [3.05, 3.63) is 30.3 Å². The smallest absolute Gasteiger partial charge is 0.0587 e. The van der Waals surface area contributed by atoms with E-state index < -0.39 is 0 Å². The molecule has 0 aliphatic carbocycles. The van der Waals surface area contributed by atoms with Crippen molar-refractivity contribution in [1.29, 1.82) is 0 Å². The predicted molar refractivity (Wildman–Crippen MR) is 89.5 cm³/mol. The molecular formula is C17H29NOS. The molecule has 1 aromatic rings. The lowest BCUT2D eigenvalue weighted by Crippen LogP contribution is -2.34. The fourth-order valence-corrected chi connectivity index (χ4v) is 3.58.